The summed E-state index contributed by atoms with van der Waals surface area (Å²) in [6, 6.07) is 10.7. The van der Waals surface area contributed by atoms with E-state index < -0.39 is 0 Å². The van der Waals surface area contributed by atoms with Crippen LogP contribution in [0.3, 0.4) is 0 Å². The lowest BCUT2D eigenvalue weighted by Crippen LogP contribution is -2.35. The summed E-state index contributed by atoms with van der Waals surface area (Å²) < 4.78 is 0. The third-order valence-electron chi connectivity index (χ3n) is 3.96. The number of anilines is 1. The lowest BCUT2D eigenvalue weighted by Gasteiger charge is -2.26. The smallest absolute Gasteiger partial charge is 0.172 e. The van der Waals surface area contributed by atoms with E-state index in [9.17, 15) is 0 Å². The summed E-state index contributed by atoms with van der Waals surface area (Å²) in [6.07, 6.45) is 1.77. The Morgan fingerprint density at radius 1 is 1.09 bits per heavy atom. The van der Waals surface area contributed by atoms with Crippen molar-refractivity contribution in [1.82, 2.24) is 10.3 Å². The first-order chi connectivity index (χ1) is 10.9. The number of aryl methyl sites for hydroxylation is 3. The van der Waals surface area contributed by atoms with Crippen LogP contribution in [0.4, 0.5) is 5.82 Å². The van der Waals surface area contributed by atoms with Crippen LogP contribution in [0, 0.1) is 26.7 Å². The minimum absolute atomic E-state index is 0.166. The average Bonchev–Trinajstić information content (AvgIpc) is 2.48. The molecule has 1 atom stereocenters. The molecule has 23 heavy (non-hydrogen) atoms. The predicted molar refractivity (Wildman–Crippen MR) is 102 cm³/mol. The summed E-state index contributed by atoms with van der Waals surface area (Å²) in [6.45, 7) is 10.7. The van der Waals surface area contributed by atoms with E-state index in [1.165, 1.54) is 16.7 Å². The maximum absolute atomic E-state index is 5.50. The number of nitrogens with zero attached hydrogens (tertiary/aromatic N) is 1. The highest BCUT2D eigenvalue weighted by atomic mass is 32.1. The molecule has 2 rings (SSSR count). The number of hydrogen-bond acceptors (Lipinski definition) is 2. The molecule has 122 valence electrons. The summed E-state index contributed by atoms with van der Waals surface area (Å²) in [7, 11) is 0. The number of benzene rings is 1. The van der Waals surface area contributed by atoms with E-state index in [0.29, 0.717) is 11.0 Å². The van der Waals surface area contributed by atoms with E-state index in [2.05, 4.69) is 61.5 Å². The van der Waals surface area contributed by atoms with Crippen LogP contribution >= 0.6 is 12.2 Å². The van der Waals surface area contributed by atoms with Gasteiger partial charge in [-0.3, -0.25) is 0 Å². The quantitative estimate of drug-likeness (QED) is 0.799. The fourth-order valence-electron chi connectivity index (χ4n) is 2.68. The topological polar surface area (TPSA) is 37.0 Å². The van der Waals surface area contributed by atoms with Crippen LogP contribution in [-0.2, 0) is 0 Å². The number of rotatable bonds is 4. The fourth-order valence-corrected chi connectivity index (χ4v) is 2.90. The van der Waals surface area contributed by atoms with Crippen LogP contribution in [0.5, 0.6) is 0 Å². The van der Waals surface area contributed by atoms with Gasteiger partial charge in [0, 0.05) is 6.20 Å². The molecule has 4 heteroatoms. The standard InChI is InChI=1S/C19H25N3S/c1-12(2)17(16-9-8-13(3)11-15(16)5)21-19(23)22-18-14(4)7-6-10-20-18/h6-12,17H,1-5H3,(H2,20,21,22,23)/t17-/m0/s1. The molecule has 1 aromatic heterocycles. The van der Waals surface area contributed by atoms with Crippen LogP contribution in [0.15, 0.2) is 36.5 Å². The van der Waals surface area contributed by atoms with E-state index >= 15 is 0 Å². The van der Waals surface area contributed by atoms with Gasteiger partial charge in [0.25, 0.3) is 0 Å². The van der Waals surface area contributed by atoms with Crippen molar-refractivity contribution in [1.29, 1.82) is 0 Å². The van der Waals surface area contributed by atoms with Crippen molar-refractivity contribution >= 4 is 23.1 Å². The molecule has 0 spiro atoms. The Bertz CT molecular complexity index is 695. The van der Waals surface area contributed by atoms with Gasteiger partial charge in [-0.1, -0.05) is 43.7 Å². The molecular weight excluding hydrogens is 302 g/mol. The lowest BCUT2D eigenvalue weighted by molar-refractivity contribution is 0.471. The minimum atomic E-state index is 0.166. The first kappa shape index (κ1) is 17.4. The second-order valence-electron chi connectivity index (χ2n) is 6.35. The Labute approximate surface area is 144 Å². The molecule has 0 amide bonds. The molecule has 0 fully saturated rings. The highest BCUT2D eigenvalue weighted by molar-refractivity contribution is 7.80. The number of pyridine rings is 1. The molecule has 2 aromatic rings. The molecule has 0 saturated carbocycles. The summed E-state index contributed by atoms with van der Waals surface area (Å²) in [4.78, 5) is 4.33. The van der Waals surface area contributed by atoms with Crippen molar-refractivity contribution in [2.24, 2.45) is 5.92 Å². The number of nitrogens with one attached hydrogen (secondary N) is 2. The molecule has 0 radical (unpaired) electrons. The van der Waals surface area contributed by atoms with E-state index in [-0.39, 0.29) is 6.04 Å². The highest BCUT2D eigenvalue weighted by Crippen LogP contribution is 2.25. The van der Waals surface area contributed by atoms with Crippen molar-refractivity contribution in [3.63, 3.8) is 0 Å². The molecule has 0 aliphatic heterocycles. The van der Waals surface area contributed by atoms with Gasteiger partial charge in [0.1, 0.15) is 5.82 Å². The molecular formula is C19H25N3S. The predicted octanol–water partition coefficient (Wildman–Crippen LogP) is 4.69. The third kappa shape index (κ3) is 4.52. The van der Waals surface area contributed by atoms with E-state index in [0.717, 1.165) is 11.4 Å². The zero-order valence-electron chi connectivity index (χ0n) is 14.5. The van der Waals surface area contributed by atoms with Crippen LogP contribution in [-0.4, -0.2) is 10.1 Å². The zero-order valence-corrected chi connectivity index (χ0v) is 15.3. The highest BCUT2D eigenvalue weighted by Gasteiger charge is 2.19. The van der Waals surface area contributed by atoms with Crippen LogP contribution in [0.25, 0.3) is 0 Å². The van der Waals surface area contributed by atoms with Gasteiger partial charge in [-0.2, -0.15) is 0 Å². The largest absolute Gasteiger partial charge is 0.355 e. The maximum Gasteiger partial charge on any atom is 0.172 e. The molecule has 3 nitrogen and oxygen atoms in total. The van der Waals surface area contributed by atoms with Crippen molar-refractivity contribution in [2.45, 2.75) is 40.7 Å². The molecule has 2 N–H and O–H groups in total. The van der Waals surface area contributed by atoms with Crippen molar-refractivity contribution in [3.05, 3.63) is 58.8 Å². The first-order valence-corrected chi connectivity index (χ1v) is 8.35. The third-order valence-corrected chi connectivity index (χ3v) is 4.17. The summed E-state index contributed by atoms with van der Waals surface area (Å²) >= 11 is 5.50. The second-order valence-corrected chi connectivity index (χ2v) is 6.76. The Morgan fingerprint density at radius 3 is 2.43 bits per heavy atom. The molecule has 1 heterocycles. The monoisotopic (exact) mass is 327 g/mol. The van der Waals surface area contributed by atoms with Gasteiger partial charge < -0.3 is 10.6 Å². The molecule has 0 aliphatic carbocycles. The average molecular weight is 327 g/mol. The SMILES string of the molecule is Cc1ccc([C@@H](NC(=S)Nc2ncccc2C)C(C)C)c(C)c1. The van der Waals surface area contributed by atoms with E-state index in [1.54, 1.807) is 6.20 Å². The van der Waals surface area contributed by atoms with Gasteiger partial charge in [-0.15, -0.1) is 0 Å². The normalized spacial score (nSPS) is 12.1. The van der Waals surface area contributed by atoms with Crippen LogP contribution in [0.2, 0.25) is 0 Å². The van der Waals surface area contributed by atoms with Gasteiger partial charge in [-0.05, 0) is 61.7 Å². The van der Waals surface area contributed by atoms with Gasteiger partial charge in [0.05, 0.1) is 6.04 Å². The number of thiocarbonyl (C=S) groups is 1. The van der Waals surface area contributed by atoms with E-state index in [1.807, 2.05) is 19.1 Å². The minimum Gasteiger partial charge on any atom is -0.355 e. The van der Waals surface area contributed by atoms with Crippen LogP contribution < -0.4 is 10.6 Å². The van der Waals surface area contributed by atoms with Gasteiger partial charge in [-0.25, -0.2) is 4.98 Å². The Balaban J connectivity index is 2.16. The fraction of sp³-hybridized carbons (Fsp3) is 0.368. The van der Waals surface area contributed by atoms with E-state index in [4.69, 9.17) is 12.2 Å². The number of aromatic nitrogens is 1. The second kappa shape index (κ2) is 7.55. The van der Waals surface area contributed by atoms with Crippen molar-refractivity contribution < 1.29 is 0 Å². The summed E-state index contributed by atoms with van der Waals surface area (Å²) in [5.74, 6) is 1.22. The zero-order chi connectivity index (χ0) is 17.0. The molecule has 0 unspecified atom stereocenters. The van der Waals surface area contributed by atoms with Gasteiger partial charge >= 0.3 is 0 Å². The van der Waals surface area contributed by atoms with Crippen LogP contribution in [0.1, 0.15) is 42.1 Å². The van der Waals surface area contributed by atoms with Crippen molar-refractivity contribution in [2.75, 3.05) is 5.32 Å². The summed E-state index contributed by atoms with van der Waals surface area (Å²) in [5.41, 5.74) is 4.92. The Hall–Kier alpha value is -1.94. The molecule has 0 bridgehead atoms. The molecule has 0 aliphatic rings. The summed E-state index contributed by atoms with van der Waals surface area (Å²) in [5, 5.41) is 7.26. The van der Waals surface area contributed by atoms with Gasteiger partial charge in [0.15, 0.2) is 5.11 Å². The molecule has 1 aromatic carbocycles. The maximum atomic E-state index is 5.50. The Morgan fingerprint density at radius 2 is 1.83 bits per heavy atom. The Kier molecular flexibility index (Phi) is 5.72. The van der Waals surface area contributed by atoms with Crippen molar-refractivity contribution in [3.8, 4) is 0 Å². The first-order valence-electron chi connectivity index (χ1n) is 7.94. The van der Waals surface area contributed by atoms with Gasteiger partial charge in [0.2, 0.25) is 0 Å². The lowest BCUT2D eigenvalue weighted by atomic mass is 9.92. The number of hydrogen-bond donors (Lipinski definition) is 2. The molecule has 0 saturated heterocycles.